The standard InChI is InChI=1S/C21H28N6O3/c1-3-25-9-11-26(12-10-25)16-7-5-15(6-8-16)20(28)23-19-17-13-22-14-18(17)27(24-19)21(29)30-4-2/h5-8,22H,3-4,9-14H2,1-2H3,(H,23,24,28). The van der Waals surface area contributed by atoms with Gasteiger partial charge in [-0.15, -0.1) is 5.10 Å². The van der Waals surface area contributed by atoms with Crippen LogP contribution in [0.5, 0.6) is 0 Å². The lowest BCUT2D eigenvalue weighted by atomic mass is 10.1. The molecule has 3 heterocycles. The zero-order valence-electron chi connectivity index (χ0n) is 17.5. The largest absolute Gasteiger partial charge is 0.448 e. The van der Waals surface area contributed by atoms with E-state index < -0.39 is 6.09 Å². The van der Waals surface area contributed by atoms with Gasteiger partial charge >= 0.3 is 6.09 Å². The zero-order chi connectivity index (χ0) is 21.1. The van der Waals surface area contributed by atoms with Gasteiger partial charge in [0.05, 0.1) is 12.3 Å². The van der Waals surface area contributed by atoms with E-state index in [2.05, 4.69) is 32.5 Å². The van der Waals surface area contributed by atoms with E-state index >= 15 is 0 Å². The number of nitrogens with zero attached hydrogens (tertiary/aromatic N) is 4. The van der Waals surface area contributed by atoms with Crippen molar-refractivity contribution < 1.29 is 14.3 Å². The van der Waals surface area contributed by atoms with Crippen molar-refractivity contribution in [1.82, 2.24) is 20.0 Å². The summed E-state index contributed by atoms with van der Waals surface area (Å²) in [7, 11) is 0. The Morgan fingerprint density at radius 3 is 2.50 bits per heavy atom. The third-order valence-corrected chi connectivity index (χ3v) is 5.67. The summed E-state index contributed by atoms with van der Waals surface area (Å²) in [4.78, 5) is 29.7. The van der Waals surface area contributed by atoms with Crippen LogP contribution in [0.15, 0.2) is 24.3 Å². The Kier molecular flexibility index (Phi) is 6.01. The molecule has 0 bridgehead atoms. The van der Waals surface area contributed by atoms with Crippen LogP contribution < -0.4 is 15.5 Å². The van der Waals surface area contributed by atoms with Crippen LogP contribution in [0.3, 0.4) is 0 Å². The average molecular weight is 412 g/mol. The van der Waals surface area contributed by atoms with E-state index in [1.54, 1.807) is 6.92 Å². The molecule has 1 saturated heterocycles. The van der Waals surface area contributed by atoms with Crippen LogP contribution in [-0.2, 0) is 17.8 Å². The number of hydrogen-bond acceptors (Lipinski definition) is 7. The molecular formula is C21H28N6O3. The fourth-order valence-corrected chi connectivity index (χ4v) is 3.92. The molecule has 160 valence electrons. The Bertz CT molecular complexity index is 916. The Morgan fingerprint density at radius 2 is 1.83 bits per heavy atom. The summed E-state index contributed by atoms with van der Waals surface area (Å²) < 4.78 is 6.28. The summed E-state index contributed by atoms with van der Waals surface area (Å²) >= 11 is 0. The maximum atomic E-state index is 12.8. The third-order valence-electron chi connectivity index (χ3n) is 5.67. The molecule has 1 aromatic heterocycles. The first-order chi connectivity index (χ1) is 14.6. The molecule has 4 rings (SSSR count). The van der Waals surface area contributed by atoms with Gasteiger partial charge in [-0.25, -0.2) is 4.79 Å². The van der Waals surface area contributed by atoms with Gasteiger partial charge in [0.25, 0.3) is 5.91 Å². The highest BCUT2D eigenvalue weighted by atomic mass is 16.6. The predicted molar refractivity (Wildman–Crippen MR) is 114 cm³/mol. The van der Waals surface area contributed by atoms with Gasteiger partial charge in [-0.1, -0.05) is 6.92 Å². The van der Waals surface area contributed by atoms with E-state index in [0.717, 1.165) is 49.7 Å². The summed E-state index contributed by atoms with van der Waals surface area (Å²) in [6.07, 6.45) is -0.537. The van der Waals surface area contributed by atoms with Crippen LogP contribution in [0.1, 0.15) is 35.5 Å². The number of piperazine rings is 1. The summed E-state index contributed by atoms with van der Waals surface area (Å²) in [5.74, 6) is 0.147. The van der Waals surface area contributed by atoms with E-state index in [0.29, 0.717) is 24.5 Å². The van der Waals surface area contributed by atoms with E-state index in [1.165, 1.54) is 4.68 Å². The minimum absolute atomic E-state index is 0.249. The zero-order valence-corrected chi connectivity index (χ0v) is 17.5. The highest BCUT2D eigenvalue weighted by Crippen LogP contribution is 2.25. The SMILES string of the molecule is CCOC(=O)n1nc(NC(=O)c2ccc(N3CCN(CC)CC3)cc2)c2c1CNC2. The first-order valence-corrected chi connectivity index (χ1v) is 10.5. The predicted octanol–water partition coefficient (Wildman–Crippen LogP) is 1.89. The first-order valence-electron chi connectivity index (χ1n) is 10.5. The van der Waals surface area contributed by atoms with Crippen LogP contribution >= 0.6 is 0 Å². The average Bonchev–Trinajstić information content (AvgIpc) is 3.38. The number of rotatable bonds is 5. The van der Waals surface area contributed by atoms with Crippen molar-refractivity contribution >= 4 is 23.5 Å². The molecule has 0 radical (unpaired) electrons. The normalized spacial score (nSPS) is 16.4. The van der Waals surface area contributed by atoms with Crippen molar-refractivity contribution in [1.29, 1.82) is 0 Å². The van der Waals surface area contributed by atoms with Gasteiger partial charge in [0, 0.05) is 56.1 Å². The molecule has 9 heteroatoms. The molecule has 2 aliphatic heterocycles. The summed E-state index contributed by atoms with van der Waals surface area (Å²) in [5.41, 5.74) is 3.22. The highest BCUT2D eigenvalue weighted by molar-refractivity contribution is 6.04. The maximum absolute atomic E-state index is 12.8. The van der Waals surface area contributed by atoms with Gasteiger partial charge in [0.15, 0.2) is 5.82 Å². The van der Waals surface area contributed by atoms with Crippen LogP contribution in [0.2, 0.25) is 0 Å². The lowest BCUT2D eigenvalue weighted by Gasteiger charge is -2.35. The third kappa shape index (κ3) is 4.03. The van der Waals surface area contributed by atoms with Crippen LogP contribution in [-0.4, -0.2) is 66.0 Å². The fourth-order valence-electron chi connectivity index (χ4n) is 3.92. The monoisotopic (exact) mass is 412 g/mol. The Labute approximate surface area is 176 Å². The molecule has 1 fully saturated rings. The molecule has 0 saturated carbocycles. The lowest BCUT2D eigenvalue weighted by Crippen LogP contribution is -2.46. The van der Waals surface area contributed by atoms with Crippen molar-refractivity contribution in [3.63, 3.8) is 0 Å². The first kappa shape index (κ1) is 20.4. The number of hydrogen-bond donors (Lipinski definition) is 2. The number of fused-ring (bicyclic) bond motifs is 1. The van der Waals surface area contributed by atoms with E-state index in [1.807, 2.05) is 24.3 Å². The maximum Gasteiger partial charge on any atom is 0.435 e. The smallest absolute Gasteiger partial charge is 0.435 e. The topological polar surface area (TPSA) is 91.7 Å². The second-order valence-electron chi connectivity index (χ2n) is 7.41. The number of aromatic nitrogens is 2. The van der Waals surface area contributed by atoms with Crippen molar-refractivity contribution in [3.05, 3.63) is 41.1 Å². The fraction of sp³-hybridized carbons (Fsp3) is 0.476. The summed E-state index contributed by atoms with van der Waals surface area (Å²) in [5, 5.41) is 10.3. The second-order valence-corrected chi connectivity index (χ2v) is 7.41. The van der Waals surface area contributed by atoms with Crippen LogP contribution in [0.4, 0.5) is 16.3 Å². The number of carbonyl (C=O) groups excluding carboxylic acids is 2. The Hall–Kier alpha value is -2.91. The highest BCUT2D eigenvalue weighted by Gasteiger charge is 2.27. The molecule has 0 spiro atoms. The number of anilines is 2. The Balaban J connectivity index is 1.45. The van der Waals surface area contributed by atoms with Crippen molar-refractivity contribution in [2.75, 3.05) is 49.5 Å². The molecule has 0 atom stereocenters. The quantitative estimate of drug-likeness (QED) is 0.775. The van der Waals surface area contributed by atoms with Gasteiger partial charge < -0.3 is 25.2 Å². The van der Waals surface area contributed by atoms with E-state index in [-0.39, 0.29) is 12.5 Å². The van der Waals surface area contributed by atoms with E-state index in [9.17, 15) is 9.59 Å². The molecule has 2 aliphatic rings. The lowest BCUT2D eigenvalue weighted by molar-refractivity contribution is 0.102. The number of amides is 1. The molecule has 30 heavy (non-hydrogen) atoms. The van der Waals surface area contributed by atoms with Crippen LogP contribution in [0, 0.1) is 0 Å². The van der Waals surface area contributed by atoms with Crippen molar-refractivity contribution in [3.8, 4) is 0 Å². The number of likely N-dealkylation sites (N-methyl/N-ethyl adjacent to an activating group) is 1. The molecule has 2 N–H and O–H groups in total. The van der Waals surface area contributed by atoms with Gasteiger partial charge in [-0.2, -0.15) is 4.68 Å². The number of nitrogens with one attached hydrogen (secondary N) is 2. The molecule has 9 nitrogen and oxygen atoms in total. The van der Waals surface area contributed by atoms with E-state index in [4.69, 9.17) is 4.74 Å². The minimum atomic E-state index is -0.537. The summed E-state index contributed by atoms with van der Waals surface area (Å²) in [6, 6.07) is 7.63. The molecule has 1 amide bonds. The molecule has 1 aromatic carbocycles. The van der Waals surface area contributed by atoms with Crippen molar-refractivity contribution in [2.24, 2.45) is 0 Å². The van der Waals surface area contributed by atoms with Crippen LogP contribution in [0.25, 0.3) is 0 Å². The minimum Gasteiger partial charge on any atom is -0.448 e. The number of carbonyl (C=O) groups is 2. The van der Waals surface area contributed by atoms with Crippen molar-refractivity contribution in [2.45, 2.75) is 26.9 Å². The second kappa shape index (κ2) is 8.85. The summed E-state index contributed by atoms with van der Waals surface area (Å²) in [6.45, 7) is 10.4. The molecule has 0 aliphatic carbocycles. The van der Waals surface area contributed by atoms with Gasteiger partial charge in [-0.3, -0.25) is 4.79 Å². The Morgan fingerprint density at radius 1 is 1.10 bits per heavy atom. The number of benzene rings is 1. The molecule has 0 unspecified atom stereocenters. The number of ether oxygens (including phenoxy) is 1. The molecule has 2 aromatic rings. The molecular weight excluding hydrogens is 384 g/mol. The van der Waals surface area contributed by atoms with Gasteiger partial charge in [-0.05, 0) is 37.7 Å². The van der Waals surface area contributed by atoms with Gasteiger partial charge in [0.2, 0.25) is 0 Å². The van der Waals surface area contributed by atoms with Gasteiger partial charge in [0.1, 0.15) is 0 Å².